The second kappa shape index (κ2) is 18.8. The van der Waals surface area contributed by atoms with Crippen LogP contribution >= 0.6 is 0 Å². The Morgan fingerprint density at radius 2 is 0.694 bits per heavy atom. The number of hydrogen-bond acceptors (Lipinski definition) is 6. The minimum atomic E-state index is -0.214. The van der Waals surface area contributed by atoms with Crippen molar-refractivity contribution >= 4 is 11.6 Å². The summed E-state index contributed by atoms with van der Waals surface area (Å²) in [5.41, 5.74) is 0.969. The normalized spacial score (nSPS) is 20.1. The van der Waals surface area contributed by atoms with E-state index in [1.807, 2.05) is 12.1 Å². The number of ether oxygens (including phenoxy) is 4. The fraction of sp³-hybridized carbons (Fsp3) is 0.674. The molecular weight excluding hydrogens is 612 g/mol. The molecule has 4 aliphatic rings. The predicted molar refractivity (Wildman–Crippen MR) is 194 cm³/mol. The van der Waals surface area contributed by atoms with Crippen LogP contribution in [0.15, 0.2) is 36.4 Å². The van der Waals surface area contributed by atoms with Gasteiger partial charge in [-0.1, -0.05) is 77.0 Å². The van der Waals surface area contributed by atoms with Gasteiger partial charge in [0.1, 0.15) is 0 Å². The number of ketones is 2. The average molecular weight is 673 g/mol. The topological polar surface area (TPSA) is 71.1 Å². The molecule has 4 aliphatic carbocycles. The van der Waals surface area contributed by atoms with Gasteiger partial charge < -0.3 is 18.9 Å². The predicted octanol–water partition coefficient (Wildman–Crippen LogP) is 11.0. The average Bonchev–Trinajstić information content (AvgIpc) is 3.16. The molecule has 0 radical (unpaired) electrons. The summed E-state index contributed by atoms with van der Waals surface area (Å²) in [6, 6.07) is 10.9. The van der Waals surface area contributed by atoms with Crippen LogP contribution in [0.4, 0.5) is 0 Å². The molecule has 0 saturated heterocycles. The van der Waals surface area contributed by atoms with E-state index < -0.39 is 0 Å². The third kappa shape index (κ3) is 11.0. The number of Topliss-reactive ketones (excluding diaryl/α,β-unsaturated/α-hetero) is 2. The third-order valence-corrected chi connectivity index (χ3v) is 11.6. The van der Waals surface area contributed by atoms with E-state index in [1.165, 1.54) is 128 Å². The molecule has 0 bridgehead atoms. The van der Waals surface area contributed by atoms with Crippen LogP contribution in [0.2, 0.25) is 0 Å². The minimum Gasteiger partial charge on any atom is -0.489 e. The zero-order chi connectivity index (χ0) is 33.7. The SMILES string of the molecule is O=C(CC(=O)c1ccc(OCC2CCCCC2)c(OCC2CCCCC2)c1)c1ccc(OCC2CCCCC2)c(OCC2CCCCC2)c1. The van der Waals surface area contributed by atoms with Crippen LogP contribution in [0, 0.1) is 23.7 Å². The van der Waals surface area contributed by atoms with Gasteiger partial charge in [0, 0.05) is 11.1 Å². The zero-order valence-corrected chi connectivity index (χ0v) is 29.9. The van der Waals surface area contributed by atoms with E-state index in [0.29, 0.717) is 84.2 Å². The Morgan fingerprint density at radius 3 is 1.00 bits per heavy atom. The minimum absolute atomic E-state index is 0.214. The largest absolute Gasteiger partial charge is 0.489 e. The van der Waals surface area contributed by atoms with Crippen molar-refractivity contribution in [3.05, 3.63) is 47.5 Å². The first-order valence-corrected chi connectivity index (χ1v) is 20.0. The molecule has 0 aliphatic heterocycles. The highest BCUT2D eigenvalue weighted by molar-refractivity contribution is 6.13. The van der Waals surface area contributed by atoms with Crippen molar-refractivity contribution < 1.29 is 28.5 Å². The van der Waals surface area contributed by atoms with Gasteiger partial charge in [-0.15, -0.1) is 0 Å². The quantitative estimate of drug-likeness (QED) is 0.131. The van der Waals surface area contributed by atoms with Crippen molar-refractivity contribution in [3.63, 3.8) is 0 Å². The van der Waals surface area contributed by atoms with Gasteiger partial charge in [-0.3, -0.25) is 9.59 Å². The Morgan fingerprint density at radius 1 is 0.408 bits per heavy atom. The molecule has 2 aromatic carbocycles. The van der Waals surface area contributed by atoms with Gasteiger partial charge in [0.2, 0.25) is 0 Å². The van der Waals surface area contributed by atoms with E-state index in [0.717, 1.165) is 0 Å². The van der Waals surface area contributed by atoms with Gasteiger partial charge in [-0.2, -0.15) is 0 Å². The lowest BCUT2D eigenvalue weighted by Gasteiger charge is -2.24. The summed E-state index contributed by atoms with van der Waals surface area (Å²) < 4.78 is 25.4. The summed E-state index contributed by atoms with van der Waals surface area (Å²) in [7, 11) is 0. The molecule has 2 aromatic rings. The smallest absolute Gasteiger partial charge is 0.170 e. The van der Waals surface area contributed by atoms with Gasteiger partial charge in [-0.25, -0.2) is 0 Å². The van der Waals surface area contributed by atoms with Crippen LogP contribution in [-0.4, -0.2) is 38.0 Å². The first-order chi connectivity index (χ1) is 24.1. The fourth-order valence-corrected chi connectivity index (χ4v) is 8.42. The van der Waals surface area contributed by atoms with E-state index in [9.17, 15) is 9.59 Å². The molecule has 268 valence electrons. The van der Waals surface area contributed by atoms with Crippen LogP contribution in [0.25, 0.3) is 0 Å². The maximum atomic E-state index is 13.6. The molecule has 0 heterocycles. The fourth-order valence-electron chi connectivity index (χ4n) is 8.42. The molecule has 4 saturated carbocycles. The monoisotopic (exact) mass is 672 g/mol. The summed E-state index contributed by atoms with van der Waals surface area (Å²) in [6.45, 7) is 2.62. The first-order valence-electron chi connectivity index (χ1n) is 20.0. The lowest BCUT2D eigenvalue weighted by atomic mass is 9.90. The molecule has 6 heteroatoms. The standard InChI is InChI=1S/C43H60O6/c44-38(36-21-23-40(46-28-32-13-5-1-6-14-32)42(25-36)48-30-34-17-9-3-10-18-34)27-39(45)37-22-24-41(47-29-33-15-7-2-8-16-33)43(26-37)49-31-35-19-11-4-12-20-35/h21-26,32-35H,1-20,27-31H2. The molecule has 0 atom stereocenters. The Bertz CT molecular complexity index is 1230. The van der Waals surface area contributed by atoms with Crippen LogP contribution in [0.5, 0.6) is 23.0 Å². The molecule has 4 fully saturated rings. The second-order valence-electron chi connectivity index (χ2n) is 15.6. The molecule has 0 spiro atoms. The third-order valence-electron chi connectivity index (χ3n) is 11.6. The summed E-state index contributed by atoms with van der Waals surface area (Å²) in [6.07, 6.45) is 24.6. The van der Waals surface area contributed by atoms with Crippen molar-refractivity contribution in [1.29, 1.82) is 0 Å². The number of rotatable bonds is 16. The maximum Gasteiger partial charge on any atom is 0.170 e. The Kier molecular flexibility index (Phi) is 13.8. The summed E-state index contributed by atoms with van der Waals surface area (Å²) in [4.78, 5) is 27.2. The van der Waals surface area contributed by atoms with Gasteiger partial charge in [0.25, 0.3) is 0 Å². The molecule has 6 nitrogen and oxygen atoms in total. The van der Waals surface area contributed by atoms with Crippen molar-refractivity contribution in [3.8, 4) is 23.0 Å². The Hall–Kier alpha value is -3.02. The molecule has 49 heavy (non-hydrogen) atoms. The molecule has 0 N–H and O–H groups in total. The van der Waals surface area contributed by atoms with Gasteiger partial charge >= 0.3 is 0 Å². The first kappa shape index (κ1) is 35.8. The van der Waals surface area contributed by atoms with E-state index in [4.69, 9.17) is 18.9 Å². The van der Waals surface area contributed by atoms with Crippen molar-refractivity contribution in [1.82, 2.24) is 0 Å². The molecule has 0 unspecified atom stereocenters. The van der Waals surface area contributed by atoms with Crippen molar-refractivity contribution in [2.24, 2.45) is 23.7 Å². The highest BCUT2D eigenvalue weighted by Crippen LogP contribution is 2.35. The number of benzene rings is 2. The van der Waals surface area contributed by atoms with Gasteiger partial charge in [-0.05, 0) is 111 Å². The van der Waals surface area contributed by atoms with E-state index in [1.54, 1.807) is 24.3 Å². The van der Waals surface area contributed by atoms with E-state index in [-0.39, 0.29) is 18.0 Å². The highest BCUT2D eigenvalue weighted by atomic mass is 16.5. The summed E-state index contributed by atoms with van der Waals surface area (Å²) in [5.74, 6) is 4.42. The van der Waals surface area contributed by atoms with Gasteiger partial charge in [0.05, 0.1) is 32.8 Å². The van der Waals surface area contributed by atoms with Crippen LogP contribution in [0.3, 0.4) is 0 Å². The number of carbonyl (C=O) groups is 2. The molecule has 6 rings (SSSR count). The van der Waals surface area contributed by atoms with Gasteiger partial charge in [0.15, 0.2) is 34.6 Å². The number of carbonyl (C=O) groups excluding carboxylic acids is 2. The van der Waals surface area contributed by atoms with Crippen LogP contribution in [-0.2, 0) is 0 Å². The molecule has 0 aromatic heterocycles. The number of hydrogen-bond donors (Lipinski definition) is 0. The highest BCUT2D eigenvalue weighted by Gasteiger charge is 2.23. The zero-order valence-electron chi connectivity index (χ0n) is 29.9. The van der Waals surface area contributed by atoms with E-state index in [2.05, 4.69) is 0 Å². The Balaban J connectivity index is 1.12. The molecule has 0 amide bonds. The lowest BCUT2D eigenvalue weighted by molar-refractivity contribution is 0.0893. The second-order valence-corrected chi connectivity index (χ2v) is 15.6. The van der Waals surface area contributed by atoms with Crippen molar-refractivity contribution in [2.45, 2.75) is 135 Å². The molecular formula is C43H60O6. The van der Waals surface area contributed by atoms with E-state index >= 15 is 0 Å². The van der Waals surface area contributed by atoms with Crippen molar-refractivity contribution in [2.75, 3.05) is 26.4 Å². The summed E-state index contributed by atoms with van der Waals surface area (Å²) >= 11 is 0. The van der Waals surface area contributed by atoms with Crippen LogP contribution < -0.4 is 18.9 Å². The van der Waals surface area contributed by atoms with Crippen LogP contribution in [0.1, 0.15) is 156 Å². The summed E-state index contributed by atoms with van der Waals surface area (Å²) in [5, 5.41) is 0. The lowest BCUT2D eigenvalue weighted by Crippen LogP contribution is -2.18. The maximum absolute atomic E-state index is 13.6. The Labute approximate surface area is 295 Å².